The van der Waals surface area contributed by atoms with Crippen LogP contribution in [0.3, 0.4) is 0 Å². The fourth-order valence-electron chi connectivity index (χ4n) is 3.76. The second-order valence-electron chi connectivity index (χ2n) is 7.36. The average molecular weight is 390 g/mol. The minimum absolute atomic E-state index is 0.0696. The van der Waals surface area contributed by atoms with Crippen molar-refractivity contribution in [3.05, 3.63) is 36.9 Å². The number of rotatable bonds is 5. The van der Waals surface area contributed by atoms with Crippen LogP contribution in [0, 0.1) is 0 Å². The lowest BCUT2D eigenvalue weighted by molar-refractivity contribution is -0.116. The summed E-state index contributed by atoms with van der Waals surface area (Å²) in [6.07, 6.45) is 9.29. The van der Waals surface area contributed by atoms with Gasteiger partial charge in [0.15, 0.2) is 5.65 Å². The van der Waals surface area contributed by atoms with Gasteiger partial charge in [0.05, 0.1) is 23.6 Å². The Balaban J connectivity index is 1.34. The van der Waals surface area contributed by atoms with Crippen molar-refractivity contribution in [2.24, 2.45) is 0 Å². The lowest BCUT2D eigenvalue weighted by atomic mass is 10.1. The SMILES string of the molecule is O=C(CCN1CCCCC1)Nc1ncc2ncn(-c3ccc4cn[nH]c4c3)c2n1. The lowest BCUT2D eigenvalue weighted by Gasteiger charge is -2.25. The Kier molecular flexibility index (Phi) is 4.65. The Morgan fingerprint density at radius 2 is 2.03 bits per heavy atom. The third-order valence-corrected chi connectivity index (χ3v) is 5.35. The largest absolute Gasteiger partial charge is 0.303 e. The van der Waals surface area contributed by atoms with Crippen molar-refractivity contribution in [2.75, 3.05) is 25.0 Å². The first-order valence-corrected chi connectivity index (χ1v) is 9.92. The van der Waals surface area contributed by atoms with Crippen LogP contribution in [0.2, 0.25) is 0 Å². The van der Waals surface area contributed by atoms with Crippen molar-refractivity contribution < 1.29 is 4.79 Å². The van der Waals surface area contributed by atoms with Gasteiger partial charge in [0.1, 0.15) is 11.8 Å². The maximum absolute atomic E-state index is 12.3. The third kappa shape index (κ3) is 3.68. The van der Waals surface area contributed by atoms with Crippen LogP contribution in [0.15, 0.2) is 36.9 Å². The highest BCUT2D eigenvalue weighted by Gasteiger charge is 2.14. The number of hydrogen-bond donors (Lipinski definition) is 2. The molecule has 0 unspecified atom stereocenters. The van der Waals surface area contributed by atoms with Gasteiger partial charge in [-0.05, 0) is 44.1 Å². The Hall–Kier alpha value is -3.33. The minimum Gasteiger partial charge on any atom is -0.303 e. The van der Waals surface area contributed by atoms with Crippen LogP contribution in [0.4, 0.5) is 5.95 Å². The van der Waals surface area contributed by atoms with E-state index in [2.05, 4.69) is 35.4 Å². The quantitative estimate of drug-likeness (QED) is 0.543. The highest BCUT2D eigenvalue weighted by atomic mass is 16.1. The van der Waals surface area contributed by atoms with E-state index in [0.717, 1.165) is 36.2 Å². The molecule has 9 heteroatoms. The number of carbonyl (C=O) groups is 1. The van der Waals surface area contributed by atoms with E-state index in [1.165, 1.54) is 19.3 Å². The summed E-state index contributed by atoms with van der Waals surface area (Å²) in [5.74, 6) is 0.227. The second-order valence-corrected chi connectivity index (χ2v) is 7.36. The minimum atomic E-state index is -0.0696. The molecule has 2 N–H and O–H groups in total. The van der Waals surface area contributed by atoms with E-state index in [1.807, 2.05) is 22.8 Å². The van der Waals surface area contributed by atoms with Gasteiger partial charge < -0.3 is 4.90 Å². The van der Waals surface area contributed by atoms with Gasteiger partial charge in [0.25, 0.3) is 0 Å². The molecule has 4 aromatic rings. The number of anilines is 1. The molecule has 1 amide bonds. The Morgan fingerprint density at radius 1 is 1.14 bits per heavy atom. The number of amides is 1. The highest BCUT2D eigenvalue weighted by molar-refractivity contribution is 5.90. The van der Waals surface area contributed by atoms with Crippen LogP contribution in [0.1, 0.15) is 25.7 Å². The molecule has 9 nitrogen and oxygen atoms in total. The topological polar surface area (TPSA) is 105 Å². The molecule has 0 bridgehead atoms. The summed E-state index contributed by atoms with van der Waals surface area (Å²) in [4.78, 5) is 27.8. The fourth-order valence-corrected chi connectivity index (χ4v) is 3.76. The smallest absolute Gasteiger partial charge is 0.231 e. The number of hydrogen-bond acceptors (Lipinski definition) is 6. The maximum Gasteiger partial charge on any atom is 0.231 e. The van der Waals surface area contributed by atoms with E-state index in [1.54, 1.807) is 18.7 Å². The molecule has 0 saturated carbocycles. The van der Waals surface area contributed by atoms with E-state index in [-0.39, 0.29) is 5.91 Å². The number of aromatic amines is 1. The zero-order valence-electron chi connectivity index (χ0n) is 16.0. The molecule has 3 aromatic heterocycles. The van der Waals surface area contributed by atoms with Crippen LogP contribution in [0.5, 0.6) is 0 Å². The molecule has 4 heterocycles. The summed E-state index contributed by atoms with van der Waals surface area (Å²) in [5.41, 5.74) is 3.15. The van der Waals surface area contributed by atoms with E-state index in [4.69, 9.17) is 0 Å². The summed E-state index contributed by atoms with van der Waals surface area (Å²) < 4.78 is 1.88. The van der Waals surface area contributed by atoms with Crippen molar-refractivity contribution in [1.82, 2.24) is 34.6 Å². The molecule has 1 aliphatic rings. The molecule has 148 valence electrons. The standard InChI is InChI=1S/C20H22N8O/c29-18(6-9-27-7-2-1-3-8-27)24-20-21-12-17-19(25-20)28(13-22-17)15-5-4-14-11-23-26-16(14)10-15/h4-5,10-13H,1-3,6-9H2,(H,23,26)(H,21,24,25,29). The molecule has 1 aromatic carbocycles. The number of likely N-dealkylation sites (tertiary alicyclic amines) is 1. The molecule has 0 spiro atoms. The molecule has 1 saturated heterocycles. The highest BCUT2D eigenvalue weighted by Crippen LogP contribution is 2.20. The Labute approximate surface area is 167 Å². The van der Waals surface area contributed by atoms with Gasteiger partial charge in [-0.1, -0.05) is 6.42 Å². The van der Waals surface area contributed by atoms with Crippen LogP contribution in [0.25, 0.3) is 27.8 Å². The third-order valence-electron chi connectivity index (χ3n) is 5.35. The van der Waals surface area contributed by atoms with E-state index in [9.17, 15) is 4.79 Å². The summed E-state index contributed by atoms with van der Waals surface area (Å²) in [6.45, 7) is 2.93. The van der Waals surface area contributed by atoms with Gasteiger partial charge in [-0.2, -0.15) is 10.1 Å². The van der Waals surface area contributed by atoms with Crippen LogP contribution < -0.4 is 5.32 Å². The van der Waals surface area contributed by atoms with Gasteiger partial charge in [0.2, 0.25) is 11.9 Å². The molecular weight excluding hydrogens is 368 g/mol. The molecule has 0 radical (unpaired) electrons. The first-order chi connectivity index (χ1) is 14.3. The monoisotopic (exact) mass is 390 g/mol. The molecular formula is C20H22N8O. The van der Waals surface area contributed by atoms with Gasteiger partial charge in [-0.25, -0.2) is 9.97 Å². The summed E-state index contributed by atoms with van der Waals surface area (Å²) >= 11 is 0. The number of aromatic nitrogens is 6. The average Bonchev–Trinajstić information content (AvgIpc) is 3.39. The van der Waals surface area contributed by atoms with Crippen LogP contribution >= 0.6 is 0 Å². The maximum atomic E-state index is 12.3. The van der Waals surface area contributed by atoms with Crippen molar-refractivity contribution in [1.29, 1.82) is 0 Å². The fraction of sp³-hybridized carbons (Fsp3) is 0.350. The first kappa shape index (κ1) is 17.7. The lowest BCUT2D eigenvalue weighted by Crippen LogP contribution is -2.32. The number of imidazole rings is 1. The van der Waals surface area contributed by atoms with Crippen LogP contribution in [-0.4, -0.2) is 60.2 Å². The molecule has 0 atom stereocenters. The molecule has 0 aliphatic carbocycles. The number of nitrogens with one attached hydrogen (secondary N) is 2. The normalized spacial score (nSPS) is 15.2. The second kappa shape index (κ2) is 7.59. The van der Waals surface area contributed by atoms with Crippen molar-refractivity contribution in [3.8, 4) is 5.69 Å². The number of benzene rings is 1. The molecule has 1 aliphatic heterocycles. The number of carbonyl (C=O) groups excluding carboxylic acids is 1. The molecule has 5 rings (SSSR count). The van der Waals surface area contributed by atoms with Crippen molar-refractivity contribution in [3.63, 3.8) is 0 Å². The van der Waals surface area contributed by atoms with Gasteiger partial charge in [-0.3, -0.25) is 19.8 Å². The summed E-state index contributed by atoms with van der Waals surface area (Å²) in [7, 11) is 0. The van der Waals surface area contributed by atoms with Crippen molar-refractivity contribution >= 4 is 33.9 Å². The van der Waals surface area contributed by atoms with E-state index < -0.39 is 0 Å². The zero-order chi connectivity index (χ0) is 19.6. The number of piperidine rings is 1. The molecule has 1 fully saturated rings. The number of fused-ring (bicyclic) bond motifs is 2. The number of nitrogens with zero attached hydrogens (tertiary/aromatic N) is 6. The number of H-pyrrole nitrogens is 1. The van der Waals surface area contributed by atoms with E-state index in [0.29, 0.717) is 23.5 Å². The summed E-state index contributed by atoms with van der Waals surface area (Å²) in [5, 5.41) is 10.9. The molecule has 29 heavy (non-hydrogen) atoms. The Morgan fingerprint density at radius 3 is 2.93 bits per heavy atom. The van der Waals surface area contributed by atoms with Crippen molar-refractivity contribution in [2.45, 2.75) is 25.7 Å². The van der Waals surface area contributed by atoms with Gasteiger partial charge in [-0.15, -0.1) is 0 Å². The predicted molar refractivity (Wildman–Crippen MR) is 110 cm³/mol. The predicted octanol–water partition coefficient (Wildman–Crippen LogP) is 2.51. The van der Waals surface area contributed by atoms with E-state index >= 15 is 0 Å². The Bertz CT molecular complexity index is 1160. The van der Waals surface area contributed by atoms with Gasteiger partial charge >= 0.3 is 0 Å². The first-order valence-electron chi connectivity index (χ1n) is 9.92. The van der Waals surface area contributed by atoms with Gasteiger partial charge in [0, 0.05) is 18.4 Å². The zero-order valence-corrected chi connectivity index (χ0v) is 16.0. The summed E-state index contributed by atoms with van der Waals surface area (Å²) in [6, 6.07) is 5.96. The van der Waals surface area contributed by atoms with Crippen LogP contribution in [-0.2, 0) is 4.79 Å².